The number of carbonyl (C=O) groups excluding carboxylic acids is 1. The molecule has 0 heterocycles. The smallest absolute Gasteiger partial charge is 0.192 e. The van der Waals surface area contributed by atoms with Crippen molar-refractivity contribution in [3.8, 4) is 0 Å². The molecule has 0 bridgehead atoms. The predicted octanol–water partition coefficient (Wildman–Crippen LogP) is 4.23. The standard InChI is InChI=1S/C14H25FO2Si/c1-14(2,3)18(4,5)17-10-11-7-6-8-12(11)13(15)9-16/h9,11H,6-8,10H2,1-5H3/b13-12+. The summed E-state index contributed by atoms with van der Waals surface area (Å²) in [6, 6.07) is 0. The zero-order valence-corrected chi connectivity index (χ0v) is 13.2. The van der Waals surface area contributed by atoms with Gasteiger partial charge >= 0.3 is 0 Å². The van der Waals surface area contributed by atoms with Gasteiger partial charge < -0.3 is 4.43 Å². The molecule has 4 heteroatoms. The van der Waals surface area contributed by atoms with Crippen LogP contribution in [0, 0.1) is 5.92 Å². The van der Waals surface area contributed by atoms with Gasteiger partial charge in [-0.3, -0.25) is 4.79 Å². The van der Waals surface area contributed by atoms with Gasteiger partial charge in [0.05, 0.1) is 0 Å². The first-order valence-electron chi connectivity index (χ1n) is 6.66. The Labute approximate surface area is 111 Å². The Morgan fingerprint density at radius 1 is 1.50 bits per heavy atom. The van der Waals surface area contributed by atoms with Crippen LogP contribution >= 0.6 is 0 Å². The lowest BCUT2D eigenvalue weighted by Crippen LogP contribution is -2.41. The van der Waals surface area contributed by atoms with E-state index in [2.05, 4.69) is 33.9 Å². The lowest BCUT2D eigenvalue weighted by atomic mass is 10.0. The summed E-state index contributed by atoms with van der Waals surface area (Å²) < 4.78 is 19.5. The summed E-state index contributed by atoms with van der Waals surface area (Å²) >= 11 is 0. The fraction of sp³-hybridized carbons (Fsp3) is 0.786. The van der Waals surface area contributed by atoms with Crippen molar-refractivity contribution in [1.82, 2.24) is 0 Å². The summed E-state index contributed by atoms with van der Waals surface area (Å²) in [5, 5.41) is 0.165. The summed E-state index contributed by atoms with van der Waals surface area (Å²) in [6.07, 6.45) is 2.93. The fourth-order valence-corrected chi connectivity index (χ4v) is 3.07. The zero-order valence-electron chi connectivity index (χ0n) is 12.2. The molecule has 0 aromatic heterocycles. The van der Waals surface area contributed by atoms with Crippen LogP contribution < -0.4 is 0 Å². The van der Waals surface area contributed by atoms with Crippen LogP contribution in [0.1, 0.15) is 40.0 Å². The number of aldehydes is 1. The van der Waals surface area contributed by atoms with Crippen LogP contribution in [0.3, 0.4) is 0 Å². The summed E-state index contributed by atoms with van der Waals surface area (Å²) in [6.45, 7) is 11.5. The first-order chi connectivity index (χ1) is 8.19. The fourth-order valence-electron chi connectivity index (χ4n) is 2.02. The van der Waals surface area contributed by atoms with Crippen molar-refractivity contribution in [1.29, 1.82) is 0 Å². The molecule has 2 nitrogen and oxygen atoms in total. The third kappa shape index (κ3) is 3.51. The number of halogens is 1. The number of allylic oxidation sites excluding steroid dienone is 1. The maximum atomic E-state index is 13.4. The minimum atomic E-state index is -1.78. The van der Waals surface area contributed by atoms with Gasteiger partial charge in [0.2, 0.25) is 0 Å². The Kier molecular flexibility index (Phi) is 4.89. The summed E-state index contributed by atoms with van der Waals surface area (Å²) in [4.78, 5) is 10.5. The molecule has 1 aliphatic carbocycles. The van der Waals surface area contributed by atoms with Crippen molar-refractivity contribution in [2.75, 3.05) is 6.61 Å². The van der Waals surface area contributed by atoms with Crippen LogP contribution in [0.4, 0.5) is 4.39 Å². The van der Waals surface area contributed by atoms with Crippen molar-refractivity contribution in [3.63, 3.8) is 0 Å². The van der Waals surface area contributed by atoms with Gasteiger partial charge in [0.25, 0.3) is 0 Å². The van der Waals surface area contributed by atoms with Gasteiger partial charge in [-0.15, -0.1) is 0 Å². The SMILES string of the molecule is CC(C)(C)[Si](C)(C)OCC1CCC/C1=C(\F)C=O. The Bertz CT molecular complexity index is 342. The third-order valence-corrected chi connectivity index (χ3v) is 8.85. The van der Waals surface area contributed by atoms with Crippen LogP contribution in [0.5, 0.6) is 0 Å². The van der Waals surface area contributed by atoms with Gasteiger partial charge in [0.15, 0.2) is 20.4 Å². The van der Waals surface area contributed by atoms with E-state index >= 15 is 0 Å². The lowest BCUT2D eigenvalue weighted by molar-refractivity contribution is -0.106. The maximum absolute atomic E-state index is 13.4. The monoisotopic (exact) mass is 272 g/mol. The van der Waals surface area contributed by atoms with Crippen molar-refractivity contribution in [2.24, 2.45) is 5.92 Å². The summed E-state index contributed by atoms with van der Waals surface area (Å²) in [7, 11) is -1.78. The quantitative estimate of drug-likeness (QED) is 0.435. The van der Waals surface area contributed by atoms with Gasteiger partial charge in [-0.1, -0.05) is 20.8 Å². The van der Waals surface area contributed by atoms with E-state index in [0.29, 0.717) is 24.9 Å². The third-order valence-electron chi connectivity index (χ3n) is 4.35. The van der Waals surface area contributed by atoms with Crippen LogP contribution in [0.15, 0.2) is 11.4 Å². The van der Waals surface area contributed by atoms with Gasteiger partial charge in [0, 0.05) is 12.5 Å². The Balaban J connectivity index is 2.67. The molecule has 0 aromatic carbocycles. The highest BCUT2D eigenvalue weighted by molar-refractivity contribution is 6.74. The van der Waals surface area contributed by atoms with Crippen molar-refractivity contribution < 1.29 is 13.6 Å². The molecule has 1 unspecified atom stereocenters. The summed E-state index contributed by atoms with van der Waals surface area (Å²) in [5.41, 5.74) is 0.670. The van der Waals surface area contributed by atoms with Crippen molar-refractivity contribution in [2.45, 2.75) is 58.2 Å². The molecular formula is C14H25FO2Si. The van der Waals surface area contributed by atoms with E-state index in [9.17, 15) is 9.18 Å². The molecule has 0 spiro atoms. The second-order valence-electron chi connectivity index (χ2n) is 6.65. The molecule has 1 saturated carbocycles. The molecule has 0 aliphatic heterocycles. The van der Waals surface area contributed by atoms with Crippen LogP contribution in [-0.2, 0) is 9.22 Å². The van der Waals surface area contributed by atoms with Gasteiger partial charge in [-0.05, 0) is 43.0 Å². The lowest BCUT2D eigenvalue weighted by Gasteiger charge is -2.37. The van der Waals surface area contributed by atoms with Gasteiger partial charge in [0.1, 0.15) is 0 Å². The molecule has 18 heavy (non-hydrogen) atoms. The highest BCUT2D eigenvalue weighted by Gasteiger charge is 2.38. The van der Waals surface area contributed by atoms with E-state index < -0.39 is 14.1 Å². The van der Waals surface area contributed by atoms with E-state index in [1.807, 2.05) is 0 Å². The van der Waals surface area contributed by atoms with Gasteiger partial charge in [-0.25, -0.2) is 4.39 Å². The first kappa shape index (κ1) is 15.6. The molecule has 0 radical (unpaired) electrons. The molecule has 104 valence electrons. The molecule has 0 saturated heterocycles. The number of hydrogen-bond acceptors (Lipinski definition) is 2. The highest BCUT2D eigenvalue weighted by atomic mass is 28.4. The molecule has 0 amide bonds. The molecule has 1 rings (SSSR count). The van der Waals surface area contributed by atoms with Crippen molar-refractivity contribution >= 4 is 14.6 Å². The molecular weight excluding hydrogens is 247 g/mol. The summed E-state index contributed by atoms with van der Waals surface area (Å²) in [5.74, 6) is -0.472. The second kappa shape index (κ2) is 5.66. The maximum Gasteiger partial charge on any atom is 0.192 e. The number of carbonyl (C=O) groups is 1. The number of rotatable bonds is 4. The van der Waals surface area contributed by atoms with Crippen LogP contribution in [0.2, 0.25) is 18.1 Å². The van der Waals surface area contributed by atoms with Crippen molar-refractivity contribution in [3.05, 3.63) is 11.4 Å². The normalized spacial score (nSPS) is 24.2. The highest BCUT2D eigenvalue weighted by Crippen LogP contribution is 2.39. The molecule has 0 aromatic rings. The molecule has 1 fully saturated rings. The Morgan fingerprint density at radius 3 is 2.61 bits per heavy atom. The Morgan fingerprint density at radius 2 is 2.11 bits per heavy atom. The molecule has 1 aliphatic rings. The van der Waals surface area contributed by atoms with E-state index in [4.69, 9.17) is 4.43 Å². The topological polar surface area (TPSA) is 26.3 Å². The molecule has 1 atom stereocenters. The largest absolute Gasteiger partial charge is 0.416 e. The molecule has 0 N–H and O–H groups in total. The van der Waals surface area contributed by atoms with E-state index in [1.54, 1.807) is 0 Å². The average molecular weight is 272 g/mol. The Hall–Kier alpha value is -0.483. The number of hydrogen-bond donors (Lipinski definition) is 0. The predicted molar refractivity (Wildman–Crippen MR) is 74.7 cm³/mol. The van der Waals surface area contributed by atoms with Crippen LogP contribution in [0.25, 0.3) is 0 Å². The minimum Gasteiger partial charge on any atom is -0.416 e. The van der Waals surface area contributed by atoms with E-state index in [-0.39, 0.29) is 11.0 Å². The second-order valence-corrected chi connectivity index (χ2v) is 11.5. The van der Waals surface area contributed by atoms with E-state index in [1.165, 1.54) is 0 Å². The average Bonchev–Trinajstić information content (AvgIpc) is 2.72. The first-order valence-corrected chi connectivity index (χ1v) is 9.57. The minimum absolute atomic E-state index is 0.101. The van der Waals surface area contributed by atoms with Crippen LogP contribution in [-0.4, -0.2) is 21.2 Å². The zero-order chi connectivity index (χ0) is 14.0. The van der Waals surface area contributed by atoms with Gasteiger partial charge in [-0.2, -0.15) is 0 Å². The van der Waals surface area contributed by atoms with E-state index in [0.717, 1.165) is 12.8 Å².